The van der Waals surface area contributed by atoms with Gasteiger partial charge >= 0.3 is 0 Å². The van der Waals surface area contributed by atoms with Gasteiger partial charge < -0.3 is 19.3 Å². The molecule has 0 saturated heterocycles. The zero-order chi connectivity index (χ0) is 18.6. The van der Waals surface area contributed by atoms with E-state index < -0.39 is 0 Å². The number of aromatic nitrogens is 2. The topological polar surface area (TPSA) is 86.5 Å². The molecule has 0 bridgehead atoms. The number of carbonyl (C=O) groups is 1. The highest BCUT2D eigenvalue weighted by atomic mass is 16.5. The number of nitrogens with one attached hydrogen (secondary N) is 1. The largest absolute Gasteiger partial charge is 0.497 e. The van der Waals surface area contributed by atoms with Gasteiger partial charge in [-0.3, -0.25) is 4.79 Å². The van der Waals surface area contributed by atoms with Crippen LogP contribution in [0.4, 0.5) is 0 Å². The zero-order valence-corrected chi connectivity index (χ0v) is 14.8. The molecule has 1 aliphatic rings. The first-order chi connectivity index (χ1) is 13.2. The van der Waals surface area contributed by atoms with Gasteiger partial charge in [-0.15, -0.1) is 0 Å². The molecule has 0 fully saturated rings. The van der Waals surface area contributed by atoms with Crippen LogP contribution >= 0.6 is 0 Å². The fraction of sp³-hybridized carbons (Fsp3) is 0.250. The number of benzene rings is 2. The molecule has 0 spiro atoms. The van der Waals surface area contributed by atoms with Crippen molar-refractivity contribution < 1.29 is 18.8 Å². The lowest BCUT2D eigenvalue weighted by Crippen LogP contribution is -2.23. The van der Waals surface area contributed by atoms with E-state index in [1.165, 1.54) is 0 Å². The fourth-order valence-electron chi connectivity index (χ4n) is 2.99. The summed E-state index contributed by atoms with van der Waals surface area (Å²) in [5.74, 6) is 2.35. The smallest absolute Gasteiger partial charge is 0.251 e. The molecule has 138 valence electrons. The summed E-state index contributed by atoms with van der Waals surface area (Å²) in [5, 5.41) is 6.75. The highest BCUT2D eigenvalue weighted by Gasteiger charge is 2.26. The first-order valence-corrected chi connectivity index (χ1v) is 8.68. The van der Waals surface area contributed by atoms with E-state index in [0.29, 0.717) is 23.9 Å². The summed E-state index contributed by atoms with van der Waals surface area (Å²) in [4.78, 5) is 16.5. The maximum Gasteiger partial charge on any atom is 0.251 e. The minimum absolute atomic E-state index is 0.0167. The highest BCUT2D eigenvalue weighted by Crippen LogP contribution is 2.34. The van der Waals surface area contributed by atoms with Gasteiger partial charge in [0.2, 0.25) is 5.89 Å². The number of methoxy groups -OCH3 is 1. The van der Waals surface area contributed by atoms with Crippen molar-refractivity contribution in [3.63, 3.8) is 0 Å². The van der Waals surface area contributed by atoms with E-state index in [0.717, 1.165) is 23.5 Å². The van der Waals surface area contributed by atoms with Crippen LogP contribution in [0.1, 0.15) is 33.6 Å². The number of hydrogen-bond donors (Lipinski definition) is 1. The molecule has 1 unspecified atom stereocenters. The van der Waals surface area contributed by atoms with Crippen LogP contribution in [0.5, 0.6) is 11.5 Å². The third kappa shape index (κ3) is 3.76. The number of carbonyl (C=O) groups excluding carboxylic acids is 1. The van der Waals surface area contributed by atoms with Gasteiger partial charge in [-0.1, -0.05) is 29.4 Å². The Bertz CT molecular complexity index is 939. The lowest BCUT2D eigenvalue weighted by atomic mass is 9.96. The number of amides is 1. The average Bonchev–Trinajstić information content (AvgIpc) is 3.21. The van der Waals surface area contributed by atoms with Gasteiger partial charge in [-0.05, 0) is 30.2 Å². The molecule has 0 saturated carbocycles. The van der Waals surface area contributed by atoms with Gasteiger partial charge in [0, 0.05) is 11.6 Å². The van der Waals surface area contributed by atoms with Crippen molar-refractivity contribution >= 4 is 5.91 Å². The molecule has 1 amide bonds. The van der Waals surface area contributed by atoms with E-state index in [2.05, 4.69) is 15.5 Å². The Balaban J connectivity index is 1.38. The van der Waals surface area contributed by atoms with Gasteiger partial charge in [-0.25, -0.2) is 0 Å². The predicted octanol–water partition coefficient (Wildman–Crippen LogP) is 2.73. The van der Waals surface area contributed by atoms with E-state index in [1.807, 2.05) is 36.4 Å². The summed E-state index contributed by atoms with van der Waals surface area (Å²) in [6.07, 6.45) is 0.747. The Morgan fingerprint density at radius 2 is 2.11 bits per heavy atom. The van der Waals surface area contributed by atoms with Crippen molar-refractivity contribution in [2.45, 2.75) is 18.9 Å². The first kappa shape index (κ1) is 17.1. The molecular weight excluding hydrogens is 346 g/mol. The Hall–Kier alpha value is -3.35. The molecule has 1 aliphatic heterocycles. The van der Waals surface area contributed by atoms with E-state index >= 15 is 0 Å². The second-order valence-corrected chi connectivity index (χ2v) is 6.28. The molecule has 7 nitrogen and oxygen atoms in total. The third-order valence-electron chi connectivity index (χ3n) is 4.46. The molecular formula is C20H19N3O4. The van der Waals surface area contributed by atoms with Gasteiger partial charge in [0.15, 0.2) is 5.82 Å². The third-order valence-corrected chi connectivity index (χ3v) is 4.46. The van der Waals surface area contributed by atoms with Crippen LogP contribution in [0.2, 0.25) is 0 Å². The summed E-state index contributed by atoms with van der Waals surface area (Å²) < 4.78 is 16.4. The second kappa shape index (κ2) is 7.49. The summed E-state index contributed by atoms with van der Waals surface area (Å²) in [6.45, 7) is 0.663. The Kier molecular flexibility index (Phi) is 4.74. The molecule has 4 rings (SSSR count). The van der Waals surface area contributed by atoms with E-state index in [1.54, 1.807) is 19.2 Å². The Morgan fingerprint density at radius 1 is 1.26 bits per heavy atom. The van der Waals surface area contributed by atoms with Crippen LogP contribution < -0.4 is 14.8 Å². The van der Waals surface area contributed by atoms with E-state index in [-0.39, 0.29) is 18.4 Å². The normalized spacial score (nSPS) is 15.5. The monoisotopic (exact) mass is 365 g/mol. The standard InChI is InChI=1S/C20H19N3O4/c1-25-16-8-7-14-9-15(12-26-17(14)10-16)20-22-18(23-27-20)11-21-19(24)13-5-3-2-4-6-13/h2-8,10,15H,9,11-12H2,1H3,(H,21,24). The summed E-state index contributed by atoms with van der Waals surface area (Å²) >= 11 is 0. The number of rotatable bonds is 5. The molecule has 2 heterocycles. The molecule has 1 N–H and O–H groups in total. The predicted molar refractivity (Wildman–Crippen MR) is 96.8 cm³/mol. The minimum atomic E-state index is -0.175. The van der Waals surface area contributed by atoms with Crippen LogP contribution in [0, 0.1) is 0 Å². The van der Waals surface area contributed by atoms with Crippen LogP contribution in [0.3, 0.4) is 0 Å². The molecule has 3 aromatic rings. The summed E-state index contributed by atoms with van der Waals surface area (Å²) in [5.41, 5.74) is 1.66. The highest BCUT2D eigenvalue weighted by molar-refractivity contribution is 5.93. The molecule has 2 aromatic carbocycles. The molecule has 7 heteroatoms. The molecule has 1 atom stereocenters. The van der Waals surface area contributed by atoms with Gasteiger partial charge in [0.05, 0.1) is 19.6 Å². The first-order valence-electron chi connectivity index (χ1n) is 8.68. The molecule has 1 aromatic heterocycles. The lowest BCUT2D eigenvalue weighted by molar-refractivity contribution is 0.0949. The van der Waals surface area contributed by atoms with E-state index in [4.69, 9.17) is 14.0 Å². The van der Waals surface area contributed by atoms with Crippen LogP contribution in [0.25, 0.3) is 0 Å². The van der Waals surface area contributed by atoms with Crippen molar-refractivity contribution in [3.05, 3.63) is 71.4 Å². The average molecular weight is 365 g/mol. The van der Waals surface area contributed by atoms with Crippen molar-refractivity contribution in [3.8, 4) is 11.5 Å². The summed E-state index contributed by atoms with van der Waals surface area (Å²) in [6, 6.07) is 14.8. The maximum atomic E-state index is 12.1. The van der Waals surface area contributed by atoms with Crippen LogP contribution in [-0.4, -0.2) is 29.8 Å². The number of fused-ring (bicyclic) bond motifs is 1. The van der Waals surface area contributed by atoms with Crippen molar-refractivity contribution in [1.82, 2.24) is 15.5 Å². The van der Waals surface area contributed by atoms with E-state index in [9.17, 15) is 4.79 Å². The van der Waals surface area contributed by atoms with Gasteiger partial charge in [-0.2, -0.15) is 4.98 Å². The quantitative estimate of drug-likeness (QED) is 0.748. The fourth-order valence-corrected chi connectivity index (χ4v) is 2.99. The molecule has 0 aliphatic carbocycles. The maximum absolute atomic E-state index is 12.1. The number of hydrogen-bond acceptors (Lipinski definition) is 6. The lowest BCUT2D eigenvalue weighted by Gasteiger charge is -2.23. The number of nitrogens with zero attached hydrogens (tertiary/aromatic N) is 2. The van der Waals surface area contributed by atoms with Gasteiger partial charge in [0.25, 0.3) is 5.91 Å². The van der Waals surface area contributed by atoms with Crippen molar-refractivity contribution in [2.24, 2.45) is 0 Å². The van der Waals surface area contributed by atoms with Gasteiger partial charge in [0.1, 0.15) is 18.1 Å². The minimum Gasteiger partial charge on any atom is -0.497 e. The second-order valence-electron chi connectivity index (χ2n) is 6.28. The van der Waals surface area contributed by atoms with Crippen molar-refractivity contribution in [2.75, 3.05) is 13.7 Å². The molecule has 0 radical (unpaired) electrons. The number of ether oxygens (including phenoxy) is 2. The van der Waals surface area contributed by atoms with Crippen molar-refractivity contribution in [1.29, 1.82) is 0 Å². The Morgan fingerprint density at radius 3 is 2.93 bits per heavy atom. The molecule has 27 heavy (non-hydrogen) atoms. The summed E-state index contributed by atoms with van der Waals surface area (Å²) in [7, 11) is 1.63. The SMILES string of the molecule is COc1ccc2c(c1)OCC(c1nc(CNC(=O)c3ccccc3)no1)C2. The van der Waals surface area contributed by atoms with Crippen LogP contribution in [-0.2, 0) is 13.0 Å². The zero-order valence-electron chi connectivity index (χ0n) is 14.8. The van der Waals surface area contributed by atoms with Crippen LogP contribution in [0.15, 0.2) is 53.1 Å². The Labute approximate surface area is 156 Å².